The number of carbonyl (C=O) groups is 1. The lowest BCUT2D eigenvalue weighted by Crippen LogP contribution is -2.46. The average Bonchev–Trinajstić information content (AvgIpc) is 2.67. The SMILES string of the molecule is C[C@@H](COc1ccc(N2CCN(c3ccncc3)CC2)cc1)CC(=O)O.Cl.O. The van der Waals surface area contributed by atoms with E-state index in [1.54, 1.807) is 0 Å². The van der Waals surface area contributed by atoms with E-state index >= 15 is 0 Å². The Morgan fingerprint density at radius 2 is 1.54 bits per heavy atom. The molecule has 8 heteroatoms. The molecule has 1 fully saturated rings. The fourth-order valence-electron chi connectivity index (χ4n) is 3.13. The van der Waals surface area contributed by atoms with Crippen LogP contribution in [0.1, 0.15) is 13.3 Å². The lowest BCUT2D eigenvalue weighted by molar-refractivity contribution is -0.138. The van der Waals surface area contributed by atoms with Gasteiger partial charge in [0.15, 0.2) is 0 Å². The molecule has 0 radical (unpaired) electrons. The third-order valence-electron chi connectivity index (χ3n) is 4.57. The molecule has 0 bridgehead atoms. The molecule has 3 N–H and O–H groups in total. The minimum atomic E-state index is -0.789. The number of aromatic nitrogens is 1. The van der Waals surface area contributed by atoms with Crippen LogP contribution in [0.4, 0.5) is 11.4 Å². The average molecular weight is 410 g/mol. The molecule has 0 aliphatic carbocycles. The number of anilines is 2. The van der Waals surface area contributed by atoms with Crippen LogP contribution in [0.5, 0.6) is 5.75 Å². The van der Waals surface area contributed by atoms with E-state index in [0.717, 1.165) is 31.9 Å². The molecule has 0 spiro atoms. The van der Waals surface area contributed by atoms with Crippen LogP contribution < -0.4 is 14.5 Å². The predicted molar refractivity (Wildman–Crippen MR) is 113 cm³/mol. The summed E-state index contributed by atoms with van der Waals surface area (Å²) in [5.41, 5.74) is 2.41. The van der Waals surface area contributed by atoms with Gasteiger partial charge in [-0.25, -0.2) is 0 Å². The Labute approximate surface area is 171 Å². The number of halogens is 1. The van der Waals surface area contributed by atoms with Gasteiger partial charge in [-0.1, -0.05) is 6.92 Å². The number of nitrogens with zero attached hydrogens (tertiary/aromatic N) is 3. The molecule has 1 saturated heterocycles. The fourth-order valence-corrected chi connectivity index (χ4v) is 3.13. The van der Waals surface area contributed by atoms with Crippen LogP contribution in [0, 0.1) is 5.92 Å². The first-order valence-corrected chi connectivity index (χ1v) is 8.96. The van der Waals surface area contributed by atoms with E-state index in [1.165, 1.54) is 11.4 Å². The summed E-state index contributed by atoms with van der Waals surface area (Å²) >= 11 is 0. The molecule has 1 aliphatic rings. The molecule has 1 atom stereocenters. The standard InChI is InChI=1S/C20H25N3O3.ClH.H2O/c1-16(14-20(24)25)15-26-19-4-2-17(3-5-19)22-10-12-23(13-11-22)18-6-8-21-9-7-18;;/h2-9,16H,10-15H2,1H3,(H,24,25);1H;1H2/t16-;;/m1../s1. The predicted octanol–water partition coefficient (Wildman–Crippen LogP) is 2.49. The van der Waals surface area contributed by atoms with Crippen LogP contribution >= 0.6 is 12.4 Å². The van der Waals surface area contributed by atoms with Gasteiger partial charge >= 0.3 is 5.97 Å². The van der Waals surface area contributed by atoms with E-state index in [1.807, 2.05) is 43.6 Å². The molecule has 0 saturated carbocycles. The van der Waals surface area contributed by atoms with Crippen molar-refractivity contribution in [2.24, 2.45) is 5.92 Å². The molecule has 7 nitrogen and oxygen atoms in total. The highest BCUT2D eigenvalue weighted by Gasteiger charge is 2.17. The summed E-state index contributed by atoms with van der Waals surface area (Å²) in [5.74, 6) is -0.0165. The monoisotopic (exact) mass is 409 g/mol. The van der Waals surface area contributed by atoms with Gasteiger partial charge in [0.2, 0.25) is 0 Å². The van der Waals surface area contributed by atoms with Gasteiger partial charge in [0.05, 0.1) is 13.0 Å². The maximum absolute atomic E-state index is 10.7. The van der Waals surface area contributed by atoms with Crippen molar-refractivity contribution in [3.8, 4) is 5.75 Å². The van der Waals surface area contributed by atoms with E-state index in [4.69, 9.17) is 9.84 Å². The first kappa shape index (κ1) is 23.5. The van der Waals surface area contributed by atoms with E-state index in [-0.39, 0.29) is 30.2 Å². The number of hydrogen-bond donors (Lipinski definition) is 1. The minimum Gasteiger partial charge on any atom is -0.493 e. The largest absolute Gasteiger partial charge is 0.493 e. The summed E-state index contributed by atoms with van der Waals surface area (Å²) in [5, 5.41) is 8.79. The van der Waals surface area contributed by atoms with Crippen molar-refractivity contribution in [1.29, 1.82) is 0 Å². The molecule has 1 aliphatic heterocycles. The number of carboxylic acids is 1. The molecule has 154 valence electrons. The molecular weight excluding hydrogens is 382 g/mol. The van der Waals surface area contributed by atoms with E-state index in [0.29, 0.717) is 6.61 Å². The number of hydrogen-bond acceptors (Lipinski definition) is 5. The van der Waals surface area contributed by atoms with Gasteiger partial charge in [-0.15, -0.1) is 12.4 Å². The summed E-state index contributed by atoms with van der Waals surface area (Å²) in [7, 11) is 0. The summed E-state index contributed by atoms with van der Waals surface area (Å²) < 4.78 is 5.69. The van der Waals surface area contributed by atoms with Gasteiger partial charge in [0.1, 0.15) is 5.75 Å². The fraction of sp³-hybridized carbons (Fsp3) is 0.400. The van der Waals surface area contributed by atoms with Crippen molar-refractivity contribution in [3.05, 3.63) is 48.8 Å². The van der Waals surface area contributed by atoms with Crippen molar-refractivity contribution in [2.45, 2.75) is 13.3 Å². The highest BCUT2D eigenvalue weighted by atomic mass is 35.5. The van der Waals surface area contributed by atoms with Crippen molar-refractivity contribution in [1.82, 2.24) is 4.98 Å². The summed E-state index contributed by atoms with van der Waals surface area (Å²) in [6, 6.07) is 12.1. The first-order chi connectivity index (χ1) is 12.6. The minimum absolute atomic E-state index is 0. The van der Waals surface area contributed by atoms with Crippen LogP contribution in [0.2, 0.25) is 0 Å². The molecule has 2 aromatic rings. The normalized spacial score (nSPS) is 14.5. The Balaban J connectivity index is 0.00000196. The number of rotatable bonds is 7. The Morgan fingerprint density at radius 1 is 1.04 bits per heavy atom. The Morgan fingerprint density at radius 3 is 2.04 bits per heavy atom. The van der Waals surface area contributed by atoms with Gasteiger partial charge in [0, 0.05) is 55.9 Å². The Hall–Kier alpha value is -2.51. The van der Waals surface area contributed by atoms with E-state index in [9.17, 15) is 4.79 Å². The van der Waals surface area contributed by atoms with E-state index in [2.05, 4.69) is 26.9 Å². The molecular formula is C20H28ClN3O4. The van der Waals surface area contributed by atoms with Crippen LogP contribution in [-0.4, -0.2) is 54.3 Å². The maximum atomic E-state index is 10.7. The smallest absolute Gasteiger partial charge is 0.303 e. The number of piperazine rings is 1. The molecule has 0 amide bonds. The second-order valence-electron chi connectivity index (χ2n) is 6.69. The zero-order chi connectivity index (χ0) is 18.4. The van der Waals surface area contributed by atoms with Crippen LogP contribution in [0.25, 0.3) is 0 Å². The molecule has 2 heterocycles. The second kappa shape index (κ2) is 11.4. The van der Waals surface area contributed by atoms with Crippen LogP contribution in [0.3, 0.4) is 0 Å². The quantitative estimate of drug-likeness (QED) is 0.754. The molecule has 1 aromatic heterocycles. The highest BCUT2D eigenvalue weighted by Crippen LogP contribution is 2.23. The maximum Gasteiger partial charge on any atom is 0.303 e. The molecule has 0 unspecified atom stereocenters. The summed E-state index contributed by atoms with van der Waals surface area (Å²) in [6.07, 6.45) is 3.79. The van der Waals surface area contributed by atoms with E-state index < -0.39 is 5.97 Å². The number of carboxylic acid groups (broad SMARTS) is 1. The second-order valence-corrected chi connectivity index (χ2v) is 6.69. The van der Waals surface area contributed by atoms with Gasteiger partial charge in [-0.3, -0.25) is 9.78 Å². The molecule has 28 heavy (non-hydrogen) atoms. The van der Waals surface area contributed by atoms with Crippen molar-refractivity contribution in [2.75, 3.05) is 42.6 Å². The zero-order valence-electron chi connectivity index (χ0n) is 16.0. The number of aliphatic carboxylic acids is 1. The van der Waals surface area contributed by atoms with Crippen molar-refractivity contribution in [3.63, 3.8) is 0 Å². The highest BCUT2D eigenvalue weighted by molar-refractivity contribution is 5.85. The molecule has 1 aromatic carbocycles. The van der Waals surface area contributed by atoms with Gasteiger partial charge < -0.3 is 25.1 Å². The Bertz CT molecular complexity index is 707. The summed E-state index contributed by atoms with van der Waals surface area (Å²) in [6.45, 7) is 6.20. The van der Waals surface area contributed by atoms with Gasteiger partial charge in [-0.05, 0) is 36.4 Å². The van der Waals surface area contributed by atoms with Crippen molar-refractivity contribution >= 4 is 29.8 Å². The topological polar surface area (TPSA) is 97.4 Å². The number of ether oxygens (including phenoxy) is 1. The lowest BCUT2D eigenvalue weighted by atomic mass is 10.1. The third-order valence-corrected chi connectivity index (χ3v) is 4.57. The van der Waals surface area contributed by atoms with Crippen molar-refractivity contribution < 1.29 is 20.1 Å². The van der Waals surface area contributed by atoms with Gasteiger partial charge in [0.25, 0.3) is 0 Å². The lowest BCUT2D eigenvalue weighted by Gasteiger charge is -2.37. The Kier molecular flexibility index (Phi) is 9.55. The van der Waals surface area contributed by atoms with Crippen LogP contribution in [0.15, 0.2) is 48.8 Å². The first-order valence-electron chi connectivity index (χ1n) is 8.96. The van der Waals surface area contributed by atoms with Crippen LogP contribution in [-0.2, 0) is 4.79 Å². The molecule has 3 rings (SSSR count). The van der Waals surface area contributed by atoms with Gasteiger partial charge in [-0.2, -0.15) is 0 Å². The third kappa shape index (κ3) is 6.58. The summed E-state index contributed by atoms with van der Waals surface area (Å²) in [4.78, 5) is 19.5. The zero-order valence-corrected chi connectivity index (χ0v) is 16.8. The number of pyridine rings is 1. The number of benzene rings is 1.